The van der Waals surface area contributed by atoms with E-state index in [9.17, 15) is 0 Å². The van der Waals surface area contributed by atoms with E-state index in [1.54, 1.807) is 12.4 Å². The maximum Gasteiger partial charge on any atom is 0.178 e. The zero-order valence-corrected chi connectivity index (χ0v) is 13.9. The summed E-state index contributed by atoms with van der Waals surface area (Å²) < 4.78 is 7.35. The van der Waals surface area contributed by atoms with Crippen LogP contribution >= 0.6 is 0 Å². The summed E-state index contributed by atoms with van der Waals surface area (Å²) in [4.78, 5) is 9.10. The van der Waals surface area contributed by atoms with E-state index in [0.29, 0.717) is 17.7 Å². The van der Waals surface area contributed by atoms with Gasteiger partial charge in [0.15, 0.2) is 17.3 Å². The van der Waals surface area contributed by atoms with Crippen molar-refractivity contribution < 1.29 is 4.74 Å². The number of hydrogen-bond acceptors (Lipinski definition) is 6. The number of nitrogens with one attached hydrogen (secondary N) is 2. The Balaban J connectivity index is 1.56. The highest BCUT2D eigenvalue weighted by molar-refractivity contribution is 5.71. The third kappa shape index (κ3) is 2.96. The second kappa shape index (κ2) is 6.20. The smallest absolute Gasteiger partial charge is 0.178 e. The fraction of sp³-hybridized carbons (Fsp3) is 0.500. The molecular weight excluding hydrogens is 306 g/mol. The summed E-state index contributed by atoms with van der Waals surface area (Å²) in [6.45, 7) is 6.67. The predicted molar refractivity (Wildman–Crippen MR) is 90.2 cm³/mol. The van der Waals surface area contributed by atoms with Gasteiger partial charge in [0.25, 0.3) is 0 Å². The van der Waals surface area contributed by atoms with Crippen LogP contribution in [0.1, 0.15) is 31.9 Å². The number of aromatic amines is 1. The van der Waals surface area contributed by atoms with Gasteiger partial charge in [-0.05, 0) is 12.3 Å². The van der Waals surface area contributed by atoms with Crippen LogP contribution in [0.3, 0.4) is 0 Å². The Labute approximate surface area is 139 Å². The molecule has 1 aliphatic rings. The van der Waals surface area contributed by atoms with Gasteiger partial charge in [-0.2, -0.15) is 10.2 Å². The molecule has 1 fully saturated rings. The van der Waals surface area contributed by atoms with Gasteiger partial charge in [-0.25, -0.2) is 14.6 Å². The van der Waals surface area contributed by atoms with Gasteiger partial charge in [-0.15, -0.1) is 0 Å². The zero-order chi connectivity index (χ0) is 16.5. The molecule has 4 rings (SSSR count). The van der Waals surface area contributed by atoms with Crippen molar-refractivity contribution in [2.45, 2.75) is 32.7 Å². The minimum Gasteiger partial charge on any atom is -0.381 e. The Hall–Kier alpha value is -2.48. The third-order valence-corrected chi connectivity index (χ3v) is 4.28. The van der Waals surface area contributed by atoms with Crippen LogP contribution in [0.15, 0.2) is 18.5 Å². The number of ether oxygens (including phenoxy) is 1. The van der Waals surface area contributed by atoms with Crippen LogP contribution in [0.25, 0.3) is 11.2 Å². The van der Waals surface area contributed by atoms with E-state index in [0.717, 1.165) is 48.9 Å². The lowest BCUT2D eigenvalue weighted by Crippen LogP contribution is -2.12. The van der Waals surface area contributed by atoms with Gasteiger partial charge in [-0.3, -0.25) is 5.10 Å². The van der Waals surface area contributed by atoms with Gasteiger partial charge in [0, 0.05) is 30.8 Å². The molecule has 8 nitrogen and oxygen atoms in total. The van der Waals surface area contributed by atoms with Crippen molar-refractivity contribution in [1.82, 2.24) is 29.9 Å². The number of nitrogens with zero attached hydrogens (tertiary/aromatic N) is 5. The first kappa shape index (κ1) is 15.1. The highest BCUT2D eigenvalue weighted by atomic mass is 16.5. The maximum absolute atomic E-state index is 5.44. The van der Waals surface area contributed by atoms with Crippen molar-refractivity contribution in [3.05, 3.63) is 24.2 Å². The SMILES string of the molecule is CC(C)c1cc(Nc2cnc3cnn(CC4CCOC4)c3n2)n[nH]1. The van der Waals surface area contributed by atoms with Crippen molar-refractivity contribution in [3.63, 3.8) is 0 Å². The van der Waals surface area contributed by atoms with Gasteiger partial charge in [0.2, 0.25) is 0 Å². The quantitative estimate of drug-likeness (QED) is 0.747. The highest BCUT2D eigenvalue weighted by Gasteiger charge is 2.18. The van der Waals surface area contributed by atoms with E-state index in [2.05, 4.69) is 44.4 Å². The molecule has 8 heteroatoms. The number of anilines is 2. The molecule has 24 heavy (non-hydrogen) atoms. The monoisotopic (exact) mass is 327 g/mol. The summed E-state index contributed by atoms with van der Waals surface area (Å²) in [5.74, 6) is 2.29. The van der Waals surface area contributed by atoms with Crippen LogP contribution in [0.4, 0.5) is 11.6 Å². The minimum atomic E-state index is 0.400. The minimum absolute atomic E-state index is 0.400. The molecule has 2 N–H and O–H groups in total. The molecule has 0 amide bonds. The third-order valence-electron chi connectivity index (χ3n) is 4.28. The molecule has 0 spiro atoms. The fourth-order valence-corrected chi connectivity index (χ4v) is 2.84. The van der Waals surface area contributed by atoms with Crippen molar-refractivity contribution in [2.75, 3.05) is 18.5 Å². The van der Waals surface area contributed by atoms with Gasteiger partial charge in [0.05, 0.1) is 19.0 Å². The summed E-state index contributed by atoms with van der Waals surface area (Å²) in [6, 6.07) is 1.99. The van der Waals surface area contributed by atoms with Gasteiger partial charge < -0.3 is 10.1 Å². The largest absolute Gasteiger partial charge is 0.381 e. The lowest BCUT2D eigenvalue weighted by molar-refractivity contribution is 0.182. The zero-order valence-electron chi connectivity index (χ0n) is 13.9. The molecule has 1 saturated heterocycles. The average molecular weight is 327 g/mol. The van der Waals surface area contributed by atoms with Crippen molar-refractivity contribution in [1.29, 1.82) is 0 Å². The van der Waals surface area contributed by atoms with Crippen molar-refractivity contribution in [2.24, 2.45) is 5.92 Å². The summed E-state index contributed by atoms with van der Waals surface area (Å²) in [5, 5.41) is 14.9. The second-order valence-corrected chi connectivity index (χ2v) is 6.51. The highest BCUT2D eigenvalue weighted by Crippen LogP contribution is 2.20. The molecule has 1 aliphatic heterocycles. The first-order valence-electron chi connectivity index (χ1n) is 8.27. The second-order valence-electron chi connectivity index (χ2n) is 6.51. The first-order chi connectivity index (χ1) is 11.7. The Bertz CT molecular complexity index is 832. The average Bonchev–Trinajstić information content (AvgIpc) is 3.30. The summed E-state index contributed by atoms with van der Waals surface area (Å²) in [6.07, 6.45) is 4.53. The summed E-state index contributed by atoms with van der Waals surface area (Å²) >= 11 is 0. The van der Waals surface area contributed by atoms with Crippen molar-refractivity contribution >= 4 is 22.8 Å². The number of fused-ring (bicyclic) bond motifs is 1. The fourth-order valence-electron chi connectivity index (χ4n) is 2.84. The standard InChI is InChI=1S/C16H21N7O/c1-10(2)12-5-14(22-21-12)19-15-7-17-13-6-18-23(16(13)20-15)8-11-3-4-24-9-11/h5-7,10-11H,3-4,8-9H2,1-2H3,(H2,19,20,21,22). The topological polar surface area (TPSA) is 93.5 Å². The summed E-state index contributed by atoms with van der Waals surface area (Å²) in [7, 11) is 0. The molecule has 3 aromatic heterocycles. The Morgan fingerprint density at radius 2 is 2.29 bits per heavy atom. The maximum atomic E-state index is 5.44. The van der Waals surface area contributed by atoms with Gasteiger partial charge in [0.1, 0.15) is 5.52 Å². The number of rotatable bonds is 5. The molecule has 3 aromatic rings. The van der Waals surface area contributed by atoms with Crippen LogP contribution < -0.4 is 5.32 Å². The van der Waals surface area contributed by atoms with E-state index >= 15 is 0 Å². The van der Waals surface area contributed by atoms with E-state index in [1.165, 1.54) is 0 Å². The molecule has 0 aromatic carbocycles. The lowest BCUT2D eigenvalue weighted by Gasteiger charge is -2.08. The van der Waals surface area contributed by atoms with E-state index in [-0.39, 0.29) is 0 Å². The normalized spacial score (nSPS) is 17.9. The van der Waals surface area contributed by atoms with Crippen molar-refractivity contribution in [3.8, 4) is 0 Å². The Morgan fingerprint density at radius 1 is 1.38 bits per heavy atom. The molecular formula is C16H21N7O. The number of hydrogen-bond donors (Lipinski definition) is 2. The number of aromatic nitrogens is 6. The van der Waals surface area contributed by atoms with Crippen LogP contribution in [0.2, 0.25) is 0 Å². The summed E-state index contributed by atoms with van der Waals surface area (Å²) in [5.41, 5.74) is 2.66. The van der Waals surface area contributed by atoms with E-state index in [1.807, 2.05) is 10.7 Å². The Kier molecular flexibility index (Phi) is 3.89. The number of H-pyrrole nitrogens is 1. The predicted octanol–water partition coefficient (Wildman–Crippen LogP) is 2.45. The van der Waals surface area contributed by atoms with E-state index in [4.69, 9.17) is 4.74 Å². The lowest BCUT2D eigenvalue weighted by atomic mass is 10.1. The first-order valence-corrected chi connectivity index (χ1v) is 8.27. The van der Waals surface area contributed by atoms with E-state index < -0.39 is 0 Å². The van der Waals surface area contributed by atoms with Crippen LogP contribution in [-0.4, -0.2) is 43.2 Å². The van der Waals surface area contributed by atoms with Crippen LogP contribution in [-0.2, 0) is 11.3 Å². The molecule has 126 valence electrons. The molecule has 0 bridgehead atoms. The molecule has 4 heterocycles. The molecule has 0 radical (unpaired) electrons. The molecule has 1 atom stereocenters. The van der Waals surface area contributed by atoms with Gasteiger partial charge >= 0.3 is 0 Å². The molecule has 0 aliphatic carbocycles. The van der Waals surface area contributed by atoms with Crippen LogP contribution in [0.5, 0.6) is 0 Å². The Morgan fingerprint density at radius 3 is 3.04 bits per heavy atom. The van der Waals surface area contributed by atoms with Gasteiger partial charge in [-0.1, -0.05) is 13.8 Å². The molecule has 1 unspecified atom stereocenters. The molecule has 0 saturated carbocycles. The van der Waals surface area contributed by atoms with Crippen LogP contribution in [0, 0.1) is 5.92 Å².